The first kappa shape index (κ1) is 17.2. The second kappa shape index (κ2) is 7.52. The molecule has 4 N–H and O–H groups in total. The van der Waals surface area contributed by atoms with Crippen LogP contribution in [-0.2, 0) is 0 Å². The molecule has 0 radical (unpaired) electrons. The summed E-state index contributed by atoms with van der Waals surface area (Å²) in [5, 5.41) is 3.01. The van der Waals surface area contributed by atoms with Gasteiger partial charge in [0.05, 0.1) is 12.8 Å². The second-order valence-electron chi connectivity index (χ2n) is 5.85. The quantitative estimate of drug-likeness (QED) is 0.720. The van der Waals surface area contributed by atoms with Crippen molar-refractivity contribution in [2.45, 2.75) is 19.3 Å². The Morgan fingerprint density at radius 3 is 2.72 bits per heavy atom. The molecule has 1 aromatic carbocycles. The molecule has 0 spiro atoms. The zero-order chi connectivity index (χ0) is 17.8. The molecule has 1 aromatic heterocycles. The highest BCUT2D eigenvalue weighted by molar-refractivity contribution is 7.81. The normalized spacial score (nSPS) is 14.2. The van der Waals surface area contributed by atoms with Crippen molar-refractivity contribution in [2.24, 2.45) is 0 Å². The highest BCUT2D eigenvalue weighted by atomic mass is 32.1. The lowest BCUT2D eigenvalue weighted by Gasteiger charge is -2.27. The summed E-state index contributed by atoms with van der Waals surface area (Å²) in [6, 6.07) is 7.31. The summed E-state index contributed by atoms with van der Waals surface area (Å²) in [4.78, 5) is 21.9. The van der Waals surface area contributed by atoms with Gasteiger partial charge in [0.15, 0.2) is 0 Å². The smallest absolute Gasteiger partial charge is 0.264 e. The third-order valence-corrected chi connectivity index (χ3v) is 4.48. The van der Waals surface area contributed by atoms with Crippen molar-refractivity contribution in [1.82, 2.24) is 9.97 Å². The molecule has 1 aliphatic heterocycles. The van der Waals surface area contributed by atoms with Crippen molar-refractivity contribution in [3.63, 3.8) is 0 Å². The molecule has 0 saturated carbocycles. The molecule has 0 aliphatic carbocycles. The number of ether oxygens (including phenoxy) is 1. The van der Waals surface area contributed by atoms with E-state index in [2.05, 4.69) is 15.3 Å². The molecule has 0 amide bonds. The maximum absolute atomic E-state index is 12.5. The zero-order valence-corrected chi connectivity index (χ0v) is 14.9. The first-order valence-electron chi connectivity index (χ1n) is 8.19. The Bertz CT molecular complexity index is 830. The molecule has 1 aliphatic rings. The third-order valence-electron chi connectivity index (χ3n) is 4.17. The topological polar surface area (TPSA) is 96.3 Å². The van der Waals surface area contributed by atoms with Crippen LogP contribution in [0.2, 0.25) is 0 Å². The van der Waals surface area contributed by atoms with Gasteiger partial charge in [-0.3, -0.25) is 9.78 Å². The summed E-state index contributed by atoms with van der Waals surface area (Å²) in [5.74, 6) is 1.25. The van der Waals surface area contributed by atoms with E-state index in [0.717, 1.165) is 25.9 Å². The minimum absolute atomic E-state index is 0.122. The van der Waals surface area contributed by atoms with Crippen LogP contribution in [0.4, 0.5) is 17.5 Å². The van der Waals surface area contributed by atoms with E-state index in [1.165, 1.54) is 6.42 Å². The number of nitrogens with zero attached hydrogens (tertiary/aromatic N) is 2. The van der Waals surface area contributed by atoms with Crippen LogP contribution in [0.25, 0.3) is 0 Å². The maximum atomic E-state index is 12.5. The monoisotopic (exact) mass is 359 g/mol. The number of aromatic amines is 1. The molecule has 3 rings (SSSR count). The van der Waals surface area contributed by atoms with Crippen LogP contribution in [0, 0.1) is 0 Å². The van der Waals surface area contributed by atoms with E-state index >= 15 is 0 Å². The molecule has 2 aromatic rings. The molecule has 0 bridgehead atoms. The number of hydrogen-bond donors (Lipinski definition) is 3. The van der Waals surface area contributed by atoms with Crippen molar-refractivity contribution in [2.75, 3.05) is 36.1 Å². The number of thiocarbonyl (C=S) groups is 1. The number of nitrogen functional groups attached to an aromatic ring is 1. The van der Waals surface area contributed by atoms with Crippen LogP contribution in [0.1, 0.15) is 24.8 Å². The molecule has 0 unspecified atom stereocenters. The lowest BCUT2D eigenvalue weighted by molar-refractivity contribution is 0.417. The van der Waals surface area contributed by atoms with Gasteiger partial charge in [0.2, 0.25) is 5.95 Å². The molecule has 2 heterocycles. The van der Waals surface area contributed by atoms with Crippen molar-refractivity contribution in [3.8, 4) is 5.75 Å². The summed E-state index contributed by atoms with van der Waals surface area (Å²) in [5.41, 5.74) is 6.52. The van der Waals surface area contributed by atoms with E-state index in [9.17, 15) is 4.79 Å². The van der Waals surface area contributed by atoms with Crippen LogP contribution >= 0.6 is 12.2 Å². The number of nitrogens with one attached hydrogen (secondary N) is 2. The van der Waals surface area contributed by atoms with Crippen LogP contribution in [-0.4, -0.2) is 35.2 Å². The Hall–Kier alpha value is -2.61. The van der Waals surface area contributed by atoms with Gasteiger partial charge >= 0.3 is 0 Å². The van der Waals surface area contributed by atoms with Gasteiger partial charge in [0.1, 0.15) is 22.1 Å². The Kier molecular flexibility index (Phi) is 5.18. The van der Waals surface area contributed by atoms with Gasteiger partial charge in [-0.25, -0.2) is 0 Å². The summed E-state index contributed by atoms with van der Waals surface area (Å²) in [7, 11) is 1.57. The van der Waals surface area contributed by atoms with Gasteiger partial charge < -0.3 is 20.7 Å². The Morgan fingerprint density at radius 1 is 1.32 bits per heavy atom. The number of rotatable bonds is 4. The first-order valence-corrected chi connectivity index (χ1v) is 8.60. The molecule has 8 heteroatoms. The number of H-pyrrole nitrogens is 1. The lowest BCUT2D eigenvalue weighted by atomic mass is 10.1. The van der Waals surface area contributed by atoms with Gasteiger partial charge in [-0.2, -0.15) is 4.98 Å². The highest BCUT2D eigenvalue weighted by Crippen LogP contribution is 2.24. The van der Waals surface area contributed by atoms with Gasteiger partial charge in [0, 0.05) is 13.1 Å². The number of piperidine rings is 1. The van der Waals surface area contributed by atoms with Crippen molar-refractivity contribution in [3.05, 3.63) is 40.2 Å². The fourth-order valence-corrected chi connectivity index (χ4v) is 3.19. The largest absolute Gasteiger partial charge is 0.495 e. The molecule has 7 nitrogen and oxygen atoms in total. The first-order chi connectivity index (χ1) is 12.1. The number of nitrogens with two attached hydrogens (primary N) is 1. The van der Waals surface area contributed by atoms with E-state index in [4.69, 9.17) is 22.7 Å². The molecular weight excluding hydrogens is 338 g/mol. The second-order valence-corrected chi connectivity index (χ2v) is 6.26. The minimum atomic E-state index is -0.347. The molecule has 0 atom stereocenters. The number of anilines is 3. The minimum Gasteiger partial charge on any atom is -0.495 e. The fraction of sp³-hybridized carbons (Fsp3) is 0.353. The number of benzene rings is 1. The van der Waals surface area contributed by atoms with Crippen LogP contribution in [0.15, 0.2) is 29.1 Å². The van der Waals surface area contributed by atoms with E-state index in [1.54, 1.807) is 13.2 Å². The molecule has 1 saturated heterocycles. The Labute approximate surface area is 151 Å². The Balaban J connectivity index is 1.86. The van der Waals surface area contributed by atoms with Crippen molar-refractivity contribution in [1.29, 1.82) is 0 Å². The summed E-state index contributed by atoms with van der Waals surface area (Å²) >= 11 is 5.36. The maximum Gasteiger partial charge on any atom is 0.264 e. The molecule has 1 fully saturated rings. The van der Waals surface area contributed by atoms with Gasteiger partial charge in [-0.05, 0) is 31.4 Å². The van der Waals surface area contributed by atoms with Gasteiger partial charge in [-0.15, -0.1) is 0 Å². The molecule has 25 heavy (non-hydrogen) atoms. The van der Waals surface area contributed by atoms with E-state index in [1.807, 2.05) is 23.1 Å². The standard InChI is InChI=1S/C17H21N5O2S/c1-24-12-8-4-3-7-11(12)19-16(25)13-14(18)20-17(21-15(13)23)22-9-5-2-6-10-22/h3-4,7-8H,2,5-6,9-10H2,1H3,(H,19,25)(H3,18,20,21,23). The van der Waals surface area contributed by atoms with E-state index in [-0.39, 0.29) is 21.9 Å². The van der Waals surface area contributed by atoms with Crippen molar-refractivity contribution < 1.29 is 4.74 Å². The number of methoxy groups -OCH3 is 1. The molecular formula is C17H21N5O2S. The number of aromatic nitrogens is 2. The average Bonchev–Trinajstić information content (AvgIpc) is 2.62. The van der Waals surface area contributed by atoms with Crippen LogP contribution in [0.5, 0.6) is 5.75 Å². The number of para-hydroxylation sites is 2. The summed E-state index contributed by atoms with van der Waals surface area (Å²) in [6.07, 6.45) is 3.36. The summed E-state index contributed by atoms with van der Waals surface area (Å²) < 4.78 is 5.28. The zero-order valence-electron chi connectivity index (χ0n) is 14.0. The summed E-state index contributed by atoms with van der Waals surface area (Å²) in [6.45, 7) is 1.73. The predicted octanol–water partition coefficient (Wildman–Crippen LogP) is 2.14. The van der Waals surface area contributed by atoms with Gasteiger partial charge in [-0.1, -0.05) is 24.4 Å². The van der Waals surface area contributed by atoms with E-state index < -0.39 is 0 Å². The lowest BCUT2D eigenvalue weighted by Crippen LogP contribution is -2.34. The van der Waals surface area contributed by atoms with Gasteiger partial charge in [0.25, 0.3) is 5.56 Å². The fourth-order valence-electron chi connectivity index (χ4n) is 2.89. The number of hydrogen-bond acceptors (Lipinski definition) is 6. The molecule has 132 valence electrons. The van der Waals surface area contributed by atoms with E-state index in [0.29, 0.717) is 17.4 Å². The SMILES string of the molecule is COc1ccccc1NC(=S)c1c(N)nc(N2CCCCC2)[nH]c1=O. The van der Waals surface area contributed by atoms with Crippen LogP contribution in [0.3, 0.4) is 0 Å². The third kappa shape index (κ3) is 3.74. The Morgan fingerprint density at radius 2 is 2.04 bits per heavy atom. The average molecular weight is 359 g/mol. The van der Waals surface area contributed by atoms with Crippen molar-refractivity contribution >= 4 is 34.7 Å². The predicted molar refractivity (Wildman–Crippen MR) is 104 cm³/mol. The van der Waals surface area contributed by atoms with Crippen LogP contribution < -0.4 is 26.2 Å². The highest BCUT2D eigenvalue weighted by Gasteiger charge is 2.19.